The molecule has 1 aliphatic rings. The van der Waals surface area contributed by atoms with Crippen molar-refractivity contribution in [3.63, 3.8) is 0 Å². The highest BCUT2D eigenvalue weighted by Gasteiger charge is 2.20. The molecule has 1 amide bonds. The van der Waals surface area contributed by atoms with Crippen LogP contribution in [0.1, 0.15) is 41.6 Å². The van der Waals surface area contributed by atoms with Gasteiger partial charge in [0, 0.05) is 6.54 Å². The standard InChI is InChI=1S/C15H20FNO2/c1-10-2-7-14(16)13(8-10)15(19)17-9-11-3-5-12(18)6-4-11/h2,7-8,11-12,18H,3-6,9H2,1H3,(H,17,19). The van der Waals surface area contributed by atoms with E-state index in [-0.39, 0.29) is 17.6 Å². The van der Waals surface area contributed by atoms with Crippen LogP contribution in [0.4, 0.5) is 4.39 Å². The average molecular weight is 265 g/mol. The van der Waals surface area contributed by atoms with Crippen LogP contribution in [0.15, 0.2) is 18.2 Å². The zero-order valence-corrected chi connectivity index (χ0v) is 11.2. The maximum absolute atomic E-state index is 13.5. The Labute approximate surface area is 112 Å². The van der Waals surface area contributed by atoms with Crippen LogP contribution in [-0.2, 0) is 0 Å². The van der Waals surface area contributed by atoms with Gasteiger partial charge in [0.2, 0.25) is 0 Å². The third kappa shape index (κ3) is 3.77. The summed E-state index contributed by atoms with van der Waals surface area (Å²) in [6, 6.07) is 4.53. The topological polar surface area (TPSA) is 49.3 Å². The van der Waals surface area contributed by atoms with Gasteiger partial charge in [-0.25, -0.2) is 4.39 Å². The van der Waals surface area contributed by atoms with E-state index in [1.807, 2.05) is 6.92 Å². The summed E-state index contributed by atoms with van der Waals surface area (Å²) in [5, 5.41) is 12.2. The second-order valence-electron chi connectivity index (χ2n) is 5.37. The number of hydrogen-bond donors (Lipinski definition) is 2. The van der Waals surface area contributed by atoms with Crippen LogP contribution in [0.5, 0.6) is 0 Å². The molecule has 0 unspecified atom stereocenters. The van der Waals surface area contributed by atoms with Crippen LogP contribution < -0.4 is 5.32 Å². The summed E-state index contributed by atoms with van der Waals surface area (Å²) in [7, 11) is 0. The molecule has 0 spiro atoms. The molecule has 2 N–H and O–H groups in total. The van der Waals surface area contributed by atoms with E-state index in [1.165, 1.54) is 6.07 Å². The van der Waals surface area contributed by atoms with E-state index < -0.39 is 5.82 Å². The van der Waals surface area contributed by atoms with Crippen LogP contribution in [0.2, 0.25) is 0 Å². The van der Waals surface area contributed by atoms with Gasteiger partial charge in [-0.3, -0.25) is 4.79 Å². The van der Waals surface area contributed by atoms with Gasteiger partial charge < -0.3 is 10.4 Å². The van der Waals surface area contributed by atoms with Gasteiger partial charge in [0.1, 0.15) is 5.82 Å². The van der Waals surface area contributed by atoms with Crippen molar-refractivity contribution in [1.29, 1.82) is 0 Å². The lowest BCUT2D eigenvalue weighted by molar-refractivity contribution is 0.0907. The van der Waals surface area contributed by atoms with Gasteiger partial charge in [-0.05, 0) is 50.7 Å². The van der Waals surface area contributed by atoms with E-state index in [0.717, 1.165) is 31.2 Å². The first-order valence-electron chi connectivity index (χ1n) is 6.78. The first kappa shape index (κ1) is 14.0. The third-order valence-corrected chi connectivity index (χ3v) is 3.73. The minimum Gasteiger partial charge on any atom is -0.393 e. The number of aryl methyl sites for hydroxylation is 1. The Hall–Kier alpha value is -1.42. The van der Waals surface area contributed by atoms with Crippen LogP contribution in [0, 0.1) is 18.7 Å². The molecule has 0 radical (unpaired) electrons. The molecule has 0 saturated heterocycles. The summed E-state index contributed by atoms with van der Waals surface area (Å²) in [4.78, 5) is 11.9. The summed E-state index contributed by atoms with van der Waals surface area (Å²) in [6.45, 7) is 2.39. The van der Waals surface area contributed by atoms with Gasteiger partial charge in [0.05, 0.1) is 11.7 Å². The number of carbonyl (C=O) groups is 1. The monoisotopic (exact) mass is 265 g/mol. The van der Waals surface area contributed by atoms with Crippen LogP contribution >= 0.6 is 0 Å². The number of halogens is 1. The summed E-state index contributed by atoms with van der Waals surface area (Å²) in [6.07, 6.45) is 3.22. The number of aliphatic hydroxyl groups is 1. The third-order valence-electron chi connectivity index (χ3n) is 3.73. The lowest BCUT2D eigenvalue weighted by Gasteiger charge is -2.25. The Balaban J connectivity index is 1.89. The number of hydrogen-bond acceptors (Lipinski definition) is 2. The van der Waals surface area contributed by atoms with Crippen molar-refractivity contribution in [3.05, 3.63) is 35.1 Å². The maximum atomic E-state index is 13.5. The van der Waals surface area contributed by atoms with Gasteiger partial charge in [0.15, 0.2) is 0 Å². The molecule has 4 heteroatoms. The SMILES string of the molecule is Cc1ccc(F)c(C(=O)NCC2CCC(O)CC2)c1. The molecule has 3 nitrogen and oxygen atoms in total. The van der Waals surface area contributed by atoms with Gasteiger partial charge in [-0.15, -0.1) is 0 Å². The van der Waals surface area contributed by atoms with Crippen molar-refractivity contribution in [1.82, 2.24) is 5.32 Å². The Morgan fingerprint density at radius 1 is 1.37 bits per heavy atom. The quantitative estimate of drug-likeness (QED) is 0.881. The Morgan fingerprint density at radius 2 is 2.05 bits per heavy atom. The Morgan fingerprint density at radius 3 is 2.74 bits per heavy atom. The van der Waals surface area contributed by atoms with Gasteiger partial charge in [-0.2, -0.15) is 0 Å². The molecule has 1 saturated carbocycles. The molecule has 0 aromatic heterocycles. The minimum absolute atomic E-state index is 0.107. The molecule has 0 heterocycles. The highest BCUT2D eigenvalue weighted by Crippen LogP contribution is 2.23. The fourth-order valence-corrected chi connectivity index (χ4v) is 2.49. The zero-order chi connectivity index (χ0) is 13.8. The second-order valence-corrected chi connectivity index (χ2v) is 5.37. The maximum Gasteiger partial charge on any atom is 0.254 e. The lowest BCUT2D eigenvalue weighted by atomic mass is 9.87. The van der Waals surface area contributed by atoms with E-state index in [9.17, 15) is 14.3 Å². The molecule has 19 heavy (non-hydrogen) atoms. The first-order valence-corrected chi connectivity index (χ1v) is 6.78. The van der Waals surface area contributed by atoms with Crippen molar-refractivity contribution in [3.8, 4) is 0 Å². The number of amides is 1. The number of rotatable bonds is 3. The molecule has 2 rings (SSSR count). The van der Waals surface area contributed by atoms with Crippen molar-refractivity contribution in [2.75, 3.05) is 6.54 Å². The molecule has 1 aromatic rings. The molecule has 1 aromatic carbocycles. The smallest absolute Gasteiger partial charge is 0.254 e. The fraction of sp³-hybridized carbons (Fsp3) is 0.533. The predicted octanol–water partition coefficient (Wildman–Crippen LogP) is 2.42. The molecule has 0 aliphatic heterocycles. The van der Waals surface area contributed by atoms with Crippen LogP contribution in [0.3, 0.4) is 0 Å². The number of carbonyl (C=O) groups excluding carboxylic acids is 1. The van der Waals surface area contributed by atoms with Gasteiger partial charge in [-0.1, -0.05) is 11.6 Å². The normalized spacial score (nSPS) is 23.1. The van der Waals surface area contributed by atoms with E-state index in [0.29, 0.717) is 12.5 Å². The first-order chi connectivity index (χ1) is 9.06. The molecule has 104 valence electrons. The van der Waals surface area contributed by atoms with E-state index in [2.05, 4.69) is 5.32 Å². The average Bonchev–Trinajstić information content (AvgIpc) is 2.40. The molecule has 0 atom stereocenters. The summed E-state index contributed by atoms with van der Waals surface area (Å²) in [5.41, 5.74) is 0.975. The molecule has 1 aliphatic carbocycles. The van der Waals surface area contributed by atoms with E-state index in [1.54, 1.807) is 12.1 Å². The largest absolute Gasteiger partial charge is 0.393 e. The summed E-state index contributed by atoms with van der Waals surface area (Å²) < 4.78 is 13.5. The molecule has 1 fully saturated rings. The zero-order valence-electron chi connectivity index (χ0n) is 11.2. The van der Waals surface area contributed by atoms with Gasteiger partial charge in [0.25, 0.3) is 5.91 Å². The van der Waals surface area contributed by atoms with Crippen LogP contribution in [-0.4, -0.2) is 23.7 Å². The van der Waals surface area contributed by atoms with Gasteiger partial charge >= 0.3 is 0 Å². The highest BCUT2D eigenvalue weighted by molar-refractivity contribution is 5.94. The second kappa shape index (κ2) is 6.15. The number of nitrogens with one attached hydrogen (secondary N) is 1. The lowest BCUT2D eigenvalue weighted by Crippen LogP contribution is -2.32. The molecular formula is C15H20FNO2. The van der Waals surface area contributed by atoms with Crippen molar-refractivity contribution >= 4 is 5.91 Å². The van der Waals surface area contributed by atoms with Crippen LogP contribution in [0.25, 0.3) is 0 Å². The van der Waals surface area contributed by atoms with Crippen molar-refractivity contribution in [2.45, 2.75) is 38.7 Å². The van der Waals surface area contributed by atoms with Crippen molar-refractivity contribution < 1.29 is 14.3 Å². The Kier molecular flexibility index (Phi) is 4.53. The highest BCUT2D eigenvalue weighted by atomic mass is 19.1. The van der Waals surface area contributed by atoms with E-state index in [4.69, 9.17) is 0 Å². The Bertz CT molecular complexity index is 453. The summed E-state index contributed by atoms with van der Waals surface area (Å²) >= 11 is 0. The molecule has 0 bridgehead atoms. The number of benzene rings is 1. The number of aliphatic hydroxyl groups excluding tert-OH is 1. The molecular weight excluding hydrogens is 245 g/mol. The predicted molar refractivity (Wildman–Crippen MR) is 71.4 cm³/mol. The minimum atomic E-state index is -0.484. The fourth-order valence-electron chi connectivity index (χ4n) is 2.49. The van der Waals surface area contributed by atoms with E-state index >= 15 is 0 Å². The van der Waals surface area contributed by atoms with Crippen molar-refractivity contribution in [2.24, 2.45) is 5.92 Å². The summed E-state index contributed by atoms with van der Waals surface area (Å²) in [5.74, 6) is -0.449.